The van der Waals surface area contributed by atoms with Gasteiger partial charge in [0.2, 0.25) is 6.17 Å². The second-order valence-electron chi connectivity index (χ2n) is 6.76. The quantitative estimate of drug-likeness (QED) is 0.432. The second kappa shape index (κ2) is 6.11. The van der Waals surface area contributed by atoms with Crippen LogP contribution in [0.1, 0.15) is 32.1 Å². The monoisotopic (exact) mass is 338 g/mol. The zero-order valence-electron chi connectivity index (χ0n) is 13.4. The van der Waals surface area contributed by atoms with E-state index in [9.17, 15) is 9.90 Å². The Morgan fingerprint density at radius 2 is 2.30 bits per heavy atom. The molecule has 0 aromatic heterocycles. The van der Waals surface area contributed by atoms with Crippen molar-refractivity contribution in [1.29, 1.82) is 0 Å². The molecule has 6 nitrogen and oxygen atoms in total. The number of nitrogens with zero attached hydrogens (tertiary/aromatic N) is 2. The fourth-order valence-electron chi connectivity index (χ4n) is 4.17. The number of aliphatic hydroxyl groups excluding tert-OH is 1. The maximum atomic E-state index is 12.6. The van der Waals surface area contributed by atoms with E-state index < -0.39 is 6.09 Å². The number of ether oxygens (including phenoxy) is 1. The molecule has 126 valence electrons. The molecule has 3 aliphatic heterocycles. The Balaban J connectivity index is 1.68. The van der Waals surface area contributed by atoms with Crippen LogP contribution in [0.5, 0.6) is 0 Å². The number of rotatable bonds is 1. The van der Waals surface area contributed by atoms with Gasteiger partial charge >= 0.3 is 12.0 Å². The standard InChI is InChI=1S/C16H23N3O3S/c1-18-13-14(10-6-2-3-7-11(10)23-18)22-16(21)19(15(13)20)12-8-4-5-9-17-12/h2,6,10-14,17H,3-5,7-9H2,1H3/p+1. The number of fused-ring (bicyclic) bond motifs is 3. The van der Waals surface area contributed by atoms with Crippen molar-refractivity contribution in [1.82, 2.24) is 9.62 Å². The number of aliphatic hydroxyl groups is 1. The lowest BCUT2D eigenvalue weighted by molar-refractivity contribution is -0.517. The number of hydrogen-bond acceptors (Lipinski definition) is 5. The number of carbonyl (C=O) groups is 1. The van der Waals surface area contributed by atoms with E-state index in [0.717, 1.165) is 38.6 Å². The van der Waals surface area contributed by atoms with E-state index in [0.29, 0.717) is 5.25 Å². The van der Waals surface area contributed by atoms with Crippen molar-refractivity contribution in [3.63, 3.8) is 0 Å². The molecule has 4 aliphatic rings. The van der Waals surface area contributed by atoms with Gasteiger partial charge in [-0.1, -0.05) is 28.7 Å². The van der Waals surface area contributed by atoms with Crippen molar-refractivity contribution in [2.75, 3.05) is 13.6 Å². The Labute approximate surface area is 140 Å². The zero-order valence-corrected chi connectivity index (χ0v) is 14.2. The molecule has 2 fully saturated rings. The van der Waals surface area contributed by atoms with E-state index in [1.807, 2.05) is 7.05 Å². The Morgan fingerprint density at radius 1 is 1.43 bits per heavy atom. The van der Waals surface area contributed by atoms with Crippen LogP contribution in [0.15, 0.2) is 12.2 Å². The number of nitrogens with one attached hydrogen (secondary N) is 1. The summed E-state index contributed by atoms with van der Waals surface area (Å²) >= 11 is 1.77. The Bertz CT molecular complexity index is 559. The first-order chi connectivity index (χ1) is 11.2. The van der Waals surface area contributed by atoms with Crippen LogP contribution >= 0.6 is 11.9 Å². The minimum atomic E-state index is -0.416. The highest BCUT2D eigenvalue weighted by Gasteiger charge is 2.56. The highest BCUT2D eigenvalue weighted by molar-refractivity contribution is 7.97. The molecule has 23 heavy (non-hydrogen) atoms. The predicted molar refractivity (Wildman–Crippen MR) is 88.6 cm³/mol. The van der Waals surface area contributed by atoms with Crippen molar-refractivity contribution in [2.24, 2.45) is 5.92 Å². The summed E-state index contributed by atoms with van der Waals surface area (Å²) in [5.41, 5.74) is 0. The van der Waals surface area contributed by atoms with Crippen molar-refractivity contribution in [2.45, 2.75) is 55.7 Å². The van der Waals surface area contributed by atoms with Crippen LogP contribution in [0.2, 0.25) is 0 Å². The Morgan fingerprint density at radius 3 is 3.09 bits per heavy atom. The van der Waals surface area contributed by atoms with Gasteiger partial charge in [0.05, 0.1) is 0 Å². The second-order valence-corrected chi connectivity index (χ2v) is 8.15. The molecule has 0 aromatic rings. The van der Waals surface area contributed by atoms with E-state index in [1.165, 1.54) is 4.58 Å². The summed E-state index contributed by atoms with van der Waals surface area (Å²) in [6, 6.07) is -0.273. The number of hydrogen-bond donors (Lipinski definition) is 2. The van der Waals surface area contributed by atoms with Crippen molar-refractivity contribution in [3.8, 4) is 0 Å². The summed E-state index contributed by atoms with van der Waals surface area (Å²) in [5, 5.41) is 14.6. The van der Waals surface area contributed by atoms with Crippen molar-refractivity contribution >= 4 is 23.9 Å². The van der Waals surface area contributed by atoms with Gasteiger partial charge in [-0.2, -0.15) is 4.79 Å². The highest BCUT2D eigenvalue weighted by atomic mass is 32.2. The number of allylic oxidation sites excluding steroid dienone is 1. The largest absolute Gasteiger partial charge is 0.601 e. The van der Waals surface area contributed by atoms with Gasteiger partial charge in [-0.25, -0.2) is 4.31 Å². The Kier molecular flexibility index (Phi) is 4.11. The molecular formula is C16H24N3O3S+. The molecule has 0 aromatic carbocycles. The van der Waals surface area contributed by atoms with E-state index >= 15 is 0 Å². The van der Waals surface area contributed by atoms with Gasteiger partial charge in [0.1, 0.15) is 6.10 Å². The maximum Gasteiger partial charge on any atom is 0.601 e. The average Bonchev–Trinajstić information content (AvgIpc) is 2.55. The number of piperidine rings is 1. The van der Waals surface area contributed by atoms with Gasteiger partial charge in [-0.15, -0.1) is 0 Å². The summed E-state index contributed by atoms with van der Waals surface area (Å²) in [6.07, 6.45) is 8.64. The molecule has 7 heteroatoms. The number of amides is 1. The first kappa shape index (κ1) is 15.5. The van der Waals surface area contributed by atoms with Crippen LogP contribution in [-0.2, 0) is 4.74 Å². The molecule has 2 saturated heterocycles. The minimum absolute atomic E-state index is 0.137. The lowest BCUT2D eigenvalue weighted by Crippen LogP contribution is -2.64. The molecule has 1 aliphatic carbocycles. The van der Waals surface area contributed by atoms with E-state index in [2.05, 4.69) is 21.8 Å². The molecule has 5 unspecified atom stereocenters. The fraction of sp³-hybridized carbons (Fsp3) is 0.750. The normalized spacial score (nSPS) is 41.3. The maximum absolute atomic E-state index is 12.6. The molecule has 0 spiro atoms. The van der Waals surface area contributed by atoms with Crippen LogP contribution in [0.4, 0.5) is 4.79 Å². The molecule has 2 N–H and O–H groups in total. The van der Waals surface area contributed by atoms with E-state index in [1.54, 1.807) is 11.9 Å². The van der Waals surface area contributed by atoms with Gasteiger partial charge in [0.15, 0.2) is 6.04 Å². The van der Waals surface area contributed by atoms with Crippen molar-refractivity contribution in [3.05, 3.63) is 12.2 Å². The smallest absolute Gasteiger partial charge is 0.462 e. The molecule has 0 bridgehead atoms. The highest BCUT2D eigenvalue weighted by Crippen LogP contribution is 2.43. The van der Waals surface area contributed by atoms with Gasteiger partial charge in [-0.3, -0.25) is 5.32 Å². The van der Waals surface area contributed by atoms with Gasteiger partial charge in [-0.05, 0) is 32.7 Å². The molecular weight excluding hydrogens is 314 g/mol. The topological polar surface area (TPSA) is 64.8 Å². The van der Waals surface area contributed by atoms with E-state index in [4.69, 9.17) is 4.74 Å². The minimum Gasteiger partial charge on any atom is -0.462 e. The van der Waals surface area contributed by atoms with Gasteiger partial charge in [0, 0.05) is 24.1 Å². The van der Waals surface area contributed by atoms with E-state index in [-0.39, 0.29) is 30.1 Å². The van der Waals surface area contributed by atoms with Gasteiger partial charge < -0.3 is 9.84 Å². The van der Waals surface area contributed by atoms with Crippen LogP contribution in [0, 0.1) is 5.92 Å². The van der Waals surface area contributed by atoms with Gasteiger partial charge in [0.25, 0.3) is 0 Å². The Hall–Kier alpha value is -1.05. The average molecular weight is 338 g/mol. The molecule has 4 rings (SSSR count). The van der Waals surface area contributed by atoms with Crippen LogP contribution in [0.3, 0.4) is 0 Å². The SMILES string of the molecule is CN1SC2CCC=CC2C2OC(=O)[N+](C3CCCCN3)=C(O)C21. The molecule has 3 heterocycles. The number of carbonyl (C=O) groups excluding carboxylic acids is 1. The third kappa shape index (κ3) is 2.58. The molecule has 0 saturated carbocycles. The van der Waals surface area contributed by atoms with Crippen LogP contribution in [-0.4, -0.2) is 63.1 Å². The third-order valence-electron chi connectivity index (χ3n) is 5.33. The summed E-state index contributed by atoms with van der Waals surface area (Å²) in [4.78, 5) is 12.6. The third-order valence-corrected chi connectivity index (χ3v) is 6.71. The summed E-state index contributed by atoms with van der Waals surface area (Å²) in [6.45, 7) is 0.869. The molecule has 0 radical (unpaired) electrons. The molecule has 1 amide bonds. The molecule has 5 atom stereocenters. The fourth-order valence-corrected chi connectivity index (χ4v) is 5.57. The summed E-state index contributed by atoms with van der Waals surface area (Å²) < 4.78 is 9.33. The predicted octanol–water partition coefficient (Wildman–Crippen LogP) is 1.87. The zero-order chi connectivity index (χ0) is 16.0. The lowest BCUT2D eigenvalue weighted by atomic mass is 9.85. The lowest BCUT2D eigenvalue weighted by Gasteiger charge is -2.45. The summed E-state index contributed by atoms with van der Waals surface area (Å²) in [5.74, 6) is 0.320. The van der Waals surface area contributed by atoms with Crippen LogP contribution in [0.25, 0.3) is 0 Å². The van der Waals surface area contributed by atoms with Crippen LogP contribution < -0.4 is 5.32 Å². The first-order valence-electron chi connectivity index (χ1n) is 8.52. The van der Waals surface area contributed by atoms with Crippen molar-refractivity contribution < 1.29 is 19.2 Å². The summed E-state index contributed by atoms with van der Waals surface area (Å²) in [7, 11) is 1.98. The first-order valence-corrected chi connectivity index (χ1v) is 9.36. The number of likely N-dealkylation sites (N-methyl/N-ethyl adjacent to an activating group) is 1.